The molecule has 2 aromatic rings. The number of hydrogen-bond acceptors (Lipinski definition) is 2. The first kappa shape index (κ1) is 12.2. The highest BCUT2D eigenvalue weighted by molar-refractivity contribution is 6.06. The van der Waals surface area contributed by atoms with Crippen molar-refractivity contribution >= 4 is 16.8 Å². The van der Waals surface area contributed by atoms with E-state index in [1.54, 1.807) is 0 Å². The maximum absolute atomic E-state index is 12.6. The molecule has 1 aliphatic rings. The molecule has 19 heavy (non-hydrogen) atoms. The Kier molecular flexibility index (Phi) is 3.03. The van der Waals surface area contributed by atoms with Gasteiger partial charge in [0.2, 0.25) is 0 Å². The zero-order valence-electron chi connectivity index (χ0n) is 11.1. The van der Waals surface area contributed by atoms with Gasteiger partial charge < -0.3 is 15.6 Å². The molecular formula is C15H19N3O. The average Bonchev–Trinajstić information content (AvgIpc) is 2.85. The summed E-state index contributed by atoms with van der Waals surface area (Å²) in [6, 6.07) is 8.11. The van der Waals surface area contributed by atoms with Gasteiger partial charge in [0.15, 0.2) is 0 Å². The van der Waals surface area contributed by atoms with E-state index < -0.39 is 0 Å². The lowest BCUT2D eigenvalue weighted by Crippen LogP contribution is -2.48. The highest BCUT2D eigenvalue weighted by atomic mass is 16.2. The summed E-state index contributed by atoms with van der Waals surface area (Å²) >= 11 is 0. The van der Waals surface area contributed by atoms with Gasteiger partial charge in [-0.2, -0.15) is 0 Å². The van der Waals surface area contributed by atoms with E-state index in [1.165, 1.54) is 0 Å². The second-order valence-electron chi connectivity index (χ2n) is 5.43. The molecule has 1 aromatic carbocycles. The Balaban J connectivity index is 1.88. The molecule has 2 heterocycles. The molecule has 0 saturated carbocycles. The predicted octanol–water partition coefficient (Wildman–Crippen LogP) is 1.98. The first-order valence-corrected chi connectivity index (χ1v) is 6.78. The van der Waals surface area contributed by atoms with Crippen LogP contribution >= 0.6 is 0 Å². The van der Waals surface area contributed by atoms with E-state index in [2.05, 4.69) is 11.9 Å². The van der Waals surface area contributed by atoms with Crippen LogP contribution in [-0.2, 0) is 0 Å². The number of likely N-dealkylation sites (tertiary alicyclic amines) is 1. The molecule has 4 heteroatoms. The minimum absolute atomic E-state index is 0.108. The van der Waals surface area contributed by atoms with Crippen LogP contribution in [0.2, 0.25) is 0 Å². The highest BCUT2D eigenvalue weighted by Gasteiger charge is 2.27. The summed E-state index contributed by atoms with van der Waals surface area (Å²) < 4.78 is 0. The van der Waals surface area contributed by atoms with Gasteiger partial charge in [0.1, 0.15) is 0 Å². The molecule has 0 bridgehead atoms. The van der Waals surface area contributed by atoms with Crippen molar-refractivity contribution in [3.05, 3.63) is 36.0 Å². The molecule has 1 saturated heterocycles. The highest BCUT2D eigenvalue weighted by Crippen LogP contribution is 2.22. The Bertz CT molecular complexity index is 604. The molecule has 100 valence electrons. The zero-order chi connectivity index (χ0) is 13.4. The number of aromatic nitrogens is 1. The van der Waals surface area contributed by atoms with Crippen molar-refractivity contribution in [2.45, 2.75) is 19.4 Å². The number of nitrogens with one attached hydrogen (secondary N) is 1. The van der Waals surface area contributed by atoms with Crippen LogP contribution in [0.3, 0.4) is 0 Å². The number of nitrogens with zero attached hydrogens (tertiary/aromatic N) is 1. The smallest absolute Gasteiger partial charge is 0.256 e. The minimum atomic E-state index is 0.108. The normalized spacial score (nSPS) is 23.8. The summed E-state index contributed by atoms with van der Waals surface area (Å²) in [6.07, 6.45) is 2.70. The molecule has 1 amide bonds. The molecule has 3 rings (SSSR count). The third-order valence-corrected chi connectivity index (χ3v) is 4.08. The minimum Gasteiger partial charge on any atom is -0.360 e. The summed E-state index contributed by atoms with van der Waals surface area (Å²) in [7, 11) is 0. The number of amides is 1. The third-order valence-electron chi connectivity index (χ3n) is 4.08. The molecule has 1 aromatic heterocycles. The lowest BCUT2D eigenvalue weighted by molar-refractivity contribution is 0.0666. The van der Waals surface area contributed by atoms with Gasteiger partial charge >= 0.3 is 0 Å². The van der Waals surface area contributed by atoms with E-state index in [1.807, 2.05) is 35.4 Å². The molecule has 2 unspecified atom stereocenters. The SMILES string of the molecule is CC1CN(C(=O)c2c[nH]c3ccccc23)CCC1N. The maximum atomic E-state index is 12.6. The van der Waals surface area contributed by atoms with Crippen LogP contribution in [-0.4, -0.2) is 34.9 Å². The molecule has 1 aliphatic heterocycles. The number of hydrogen-bond donors (Lipinski definition) is 2. The standard InChI is InChI=1S/C15H19N3O/c1-10-9-18(7-6-13(10)16)15(19)12-8-17-14-5-3-2-4-11(12)14/h2-5,8,10,13,17H,6-7,9,16H2,1H3. The number of carbonyl (C=O) groups is 1. The number of H-pyrrole nitrogens is 1. The van der Waals surface area contributed by atoms with Crippen molar-refractivity contribution in [1.82, 2.24) is 9.88 Å². The zero-order valence-corrected chi connectivity index (χ0v) is 11.1. The summed E-state index contributed by atoms with van der Waals surface area (Å²) in [5.41, 5.74) is 7.78. The van der Waals surface area contributed by atoms with Crippen LogP contribution in [0.4, 0.5) is 0 Å². The van der Waals surface area contributed by atoms with Gasteiger partial charge in [0.05, 0.1) is 5.56 Å². The van der Waals surface area contributed by atoms with E-state index in [0.717, 1.165) is 36.0 Å². The fourth-order valence-corrected chi connectivity index (χ4v) is 2.77. The molecule has 1 fully saturated rings. The monoisotopic (exact) mass is 257 g/mol. The van der Waals surface area contributed by atoms with E-state index >= 15 is 0 Å². The van der Waals surface area contributed by atoms with Crippen molar-refractivity contribution in [3.63, 3.8) is 0 Å². The predicted molar refractivity (Wildman–Crippen MR) is 76.0 cm³/mol. The average molecular weight is 257 g/mol. The Labute approximate surface area is 112 Å². The number of para-hydroxylation sites is 1. The molecule has 0 aliphatic carbocycles. The first-order chi connectivity index (χ1) is 9.16. The summed E-state index contributed by atoms with van der Waals surface area (Å²) in [5.74, 6) is 0.471. The Hall–Kier alpha value is -1.81. The molecule has 0 spiro atoms. The van der Waals surface area contributed by atoms with Crippen molar-refractivity contribution in [2.24, 2.45) is 11.7 Å². The molecule has 2 atom stereocenters. The van der Waals surface area contributed by atoms with Gasteiger partial charge in [-0.3, -0.25) is 4.79 Å². The number of nitrogens with two attached hydrogens (primary N) is 1. The van der Waals surface area contributed by atoms with Gasteiger partial charge in [-0.1, -0.05) is 25.1 Å². The van der Waals surface area contributed by atoms with E-state index in [0.29, 0.717) is 5.92 Å². The maximum Gasteiger partial charge on any atom is 0.256 e. The van der Waals surface area contributed by atoms with Crippen LogP contribution in [0.5, 0.6) is 0 Å². The lowest BCUT2D eigenvalue weighted by Gasteiger charge is -2.35. The summed E-state index contributed by atoms with van der Waals surface area (Å²) in [6.45, 7) is 3.61. The van der Waals surface area contributed by atoms with E-state index in [4.69, 9.17) is 5.73 Å². The number of aromatic amines is 1. The second-order valence-corrected chi connectivity index (χ2v) is 5.43. The van der Waals surface area contributed by atoms with Crippen molar-refractivity contribution < 1.29 is 4.79 Å². The van der Waals surface area contributed by atoms with Gasteiger partial charge in [-0.25, -0.2) is 0 Å². The third kappa shape index (κ3) is 2.12. The Morgan fingerprint density at radius 1 is 1.42 bits per heavy atom. The Morgan fingerprint density at radius 2 is 2.21 bits per heavy atom. The number of carbonyl (C=O) groups excluding carboxylic acids is 1. The van der Waals surface area contributed by atoms with Gasteiger partial charge in [0, 0.05) is 36.2 Å². The fourth-order valence-electron chi connectivity index (χ4n) is 2.77. The van der Waals surface area contributed by atoms with Crippen molar-refractivity contribution in [3.8, 4) is 0 Å². The van der Waals surface area contributed by atoms with Crippen LogP contribution in [0.25, 0.3) is 10.9 Å². The van der Waals surface area contributed by atoms with Crippen LogP contribution < -0.4 is 5.73 Å². The van der Waals surface area contributed by atoms with Crippen LogP contribution in [0, 0.1) is 5.92 Å². The topological polar surface area (TPSA) is 62.1 Å². The van der Waals surface area contributed by atoms with Crippen LogP contribution in [0.15, 0.2) is 30.5 Å². The second kappa shape index (κ2) is 4.70. The molecule has 4 nitrogen and oxygen atoms in total. The molecule has 3 N–H and O–H groups in total. The number of rotatable bonds is 1. The lowest BCUT2D eigenvalue weighted by atomic mass is 9.94. The van der Waals surface area contributed by atoms with Gasteiger partial charge in [-0.15, -0.1) is 0 Å². The Morgan fingerprint density at radius 3 is 3.00 bits per heavy atom. The number of fused-ring (bicyclic) bond motifs is 1. The van der Waals surface area contributed by atoms with Crippen molar-refractivity contribution in [2.75, 3.05) is 13.1 Å². The van der Waals surface area contributed by atoms with Gasteiger partial charge in [0.25, 0.3) is 5.91 Å². The molecule has 0 radical (unpaired) electrons. The van der Waals surface area contributed by atoms with Crippen molar-refractivity contribution in [1.29, 1.82) is 0 Å². The largest absolute Gasteiger partial charge is 0.360 e. The van der Waals surface area contributed by atoms with Gasteiger partial charge in [-0.05, 0) is 18.4 Å². The van der Waals surface area contributed by atoms with E-state index in [9.17, 15) is 4.79 Å². The number of benzene rings is 1. The fraction of sp³-hybridized carbons (Fsp3) is 0.400. The first-order valence-electron chi connectivity index (χ1n) is 6.78. The van der Waals surface area contributed by atoms with Crippen LogP contribution in [0.1, 0.15) is 23.7 Å². The quantitative estimate of drug-likeness (QED) is 0.820. The summed E-state index contributed by atoms with van der Waals surface area (Å²) in [4.78, 5) is 17.7. The molecular weight excluding hydrogens is 238 g/mol. The summed E-state index contributed by atoms with van der Waals surface area (Å²) in [5, 5.41) is 0.995. The van der Waals surface area contributed by atoms with E-state index in [-0.39, 0.29) is 11.9 Å². The number of piperidine rings is 1.